The highest BCUT2D eigenvalue weighted by Crippen LogP contribution is 2.32. The number of nitrogens with zero attached hydrogens (tertiary/aromatic N) is 2. The van der Waals surface area contributed by atoms with E-state index in [1.807, 2.05) is 48.0 Å². The summed E-state index contributed by atoms with van der Waals surface area (Å²) in [5, 5.41) is 9.05. The van der Waals surface area contributed by atoms with E-state index in [1.165, 1.54) is 0 Å². The summed E-state index contributed by atoms with van der Waals surface area (Å²) >= 11 is 0. The summed E-state index contributed by atoms with van der Waals surface area (Å²) in [6.07, 6.45) is 4.07. The highest BCUT2D eigenvalue weighted by Gasteiger charge is 2.10. The van der Waals surface area contributed by atoms with Crippen LogP contribution in [0.3, 0.4) is 0 Å². The second-order valence-electron chi connectivity index (χ2n) is 4.49. The van der Waals surface area contributed by atoms with Crippen molar-refractivity contribution in [3.63, 3.8) is 0 Å². The van der Waals surface area contributed by atoms with Gasteiger partial charge in [-0.2, -0.15) is 0 Å². The average Bonchev–Trinajstić information content (AvgIpc) is 2.76. The zero-order valence-corrected chi connectivity index (χ0v) is 10.8. The molecule has 0 aliphatic rings. The van der Waals surface area contributed by atoms with Crippen molar-refractivity contribution in [2.24, 2.45) is 7.05 Å². The molecule has 4 nitrogen and oxygen atoms in total. The molecule has 0 amide bonds. The average molecular weight is 245 g/mol. The van der Waals surface area contributed by atoms with Gasteiger partial charge in [0, 0.05) is 55.5 Å². The molecule has 0 fully saturated rings. The van der Waals surface area contributed by atoms with E-state index in [4.69, 9.17) is 10.8 Å². The number of hydrogen-bond donors (Lipinski definition) is 2. The molecule has 1 aromatic heterocycles. The summed E-state index contributed by atoms with van der Waals surface area (Å²) in [5.74, 6) is 0. The fourth-order valence-electron chi connectivity index (χ4n) is 2.05. The normalized spacial score (nSPS) is 10.6. The number of hydrogen-bond acceptors (Lipinski definition) is 3. The predicted octanol–water partition coefficient (Wildman–Crippen LogP) is 1.70. The van der Waals surface area contributed by atoms with Gasteiger partial charge in [0.2, 0.25) is 0 Å². The Kier molecular flexibility index (Phi) is 3.58. The Labute approximate surface area is 107 Å². The molecule has 2 aromatic rings. The van der Waals surface area contributed by atoms with Crippen LogP contribution in [0.5, 0.6) is 0 Å². The maximum absolute atomic E-state index is 9.05. The second-order valence-corrected chi connectivity index (χ2v) is 4.49. The van der Waals surface area contributed by atoms with Crippen LogP contribution in [0.2, 0.25) is 0 Å². The largest absolute Gasteiger partial charge is 0.399 e. The molecule has 0 unspecified atom stereocenters. The topological polar surface area (TPSA) is 54.4 Å². The first-order valence-corrected chi connectivity index (χ1v) is 5.95. The van der Waals surface area contributed by atoms with Crippen molar-refractivity contribution in [1.29, 1.82) is 0 Å². The van der Waals surface area contributed by atoms with Crippen molar-refractivity contribution in [3.05, 3.63) is 36.7 Å². The SMILES string of the molecule is CN(CCO)c1ccc(N)cc1-c1ccn(C)c1. The molecule has 2 rings (SSSR count). The van der Waals surface area contributed by atoms with Gasteiger partial charge in [0.15, 0.2) is 0 Å². The van der Waals surface area contributed by atoms with Crippen LogP contribution in [0.1, 0.15) is 0 Å². The Morgan fingerprint density at radius 1 is 1.33 bits per heavy atom. The minimum atomic E-state index is 0.134. The van der Waals surface area contributed by atoms with Crippen LogP contribution in [0.4, 0.5) is 11.4 Å². The van der Waals surface area contributed by atoms with Crippen molar-refractivity contribution in [3.8, 4) is 11.1 Å². The molecular formula is C14H19N3O. The number of nitrogen functional groups attached to an aromatic ring is 1. The lowest BCUT2D eigenvalue weighted by atomic mass is 10.1. The summed E-state index contributed by atoms with van der Waals surface area (Å²) in [6.45, 7) is 0.735. The van der Waals surface area contributed by atoms with E-state index in [-0.39, 0.29) is 6.61 Å². The number of aryl methyl sites for hydroxylation is 1. The van der Waals surface area contributed by atoms with Gasteiger partial charge in [0.25, 0.3) is 0 Å². The lowest BCUT2D eigenvalue weighted by molar-refractivity contribution is 0.304. The number of nitrogens with two attached hydrogens (primary N) is 1. The van der Waals surface area contributed by atoms with Crippen molar-refractivity contribution >= 4 is 11.4 Å². The van der Waals surface area contributed by atoms with Gasteiger partial charge in [0.05, 0.1) is 6.61 Å². The van der Waals surface area contributed by atoms with Gasteiger partial charge in [-0.25, -0.2) is 0 Å². The maximum atomic E-state index is 9.05. The molecule has 96 valence electrons. The third kappa shape index (κ3) is 2.49. The zero-order valence-electron chi connectivity index (χ0n) is 10.8. The number of aromatic nitrogens is 1. The maximum Gasteiger partial charge on any atom is 0.0606 e. The molecule has 4 heteroatoms. The minimum absolute atomic E-state index is 0.134. The molecule has 18 heavy (non-hydrogen) atoms. The van der Waals surface area contributed by atoms with E-state index < -0.39 is 0 Å². The van der Waals surface area contributed by atoms with Crippen molar-refractivity contribution in [2.45, 2.75) is 0 Å². The Hall–Kier alpha value is -1.94. The van der Waals surface area contributed by atoms with Gasteiger partial charge >= 0.3 is 0 Å². The van der Waals surface area contributed by atoms with Crippen LogP contribution in [-0.4, -0.2) is 29.9 Å². The van der Waals surface area contributed by atoms with Crippen molar-refractivity contribution in [2.75, 3.05) is 30.8 Å². The van der Waals surface area contributed by atoms with Gasteiger partial charge in [0.1, 0.15) is 0 Å². The van der Waals surface area contributed by atoms with Crippen LogP contribution >= 0.6 is 0 Å². The number of benzene rings is 1. The molecule has 0 saturated heterocycles. The van der Waals surface area contributed by atoms with Crippen molar-refractivity contribution < 1.29 is 5.11 Å². The zero-order chi connectivity index (χ0) is 13.1. The van der Waals surface area contributed by atoms with Gasteiger partial charge in [-0.15, -0.1) is 0 Å². The van der Waals surface area contributed by atoms with Crippen molar-refractivity contribution in [1.82, 2.24) is 4.57 Å². The highest BCUT2D eigenvalue weighted by atomic mass is 16.3. The Morgan fingerprint density at radius 2 is 2.11 bits per heavy atom. The molecule has 0 spiro atoms. The van der Waals surface area contributed by atoms with E-state index in [1.54, 1.807) is 0 Å². The van der Waals surface area contributed by atoms with E-state index in [0.29, 0.717) is 6.54 Å². The quantitative estimate of drug-likeness (QED) is 0.806. The summed E-state index contributed by atoms with van der Waals surface area (Å²) in [7, 11) is 3.96. The van der Waals surface area contributed by atoms with Gasteiger partial charge in [-0.05, 0) is 24.3 Å². The number of anilines is 2. The molecule has 0 radical (unpaired) electrons. The van der Waals surface area contributed by atoms with Gasteiger partial charge in [-0.1, -0.05) is 0 Å². The van der Waals surface area contributed by atoms with Gasteiger partial charge < -0.3 is 20.3 Å². The summed E-state index contributed by atoms with van der Waals surface area (Å²) in [6, 6.07) is 7.91. The third-order valence-electron chi connectivity index (χ3n) is 3.01. The first kappa shape index (κ1) is 12.5. The Balaban J connectivity index is 2.47. The smallest absolute Gasteiger partial charge is 0.0606 e. The fraction of sp³-hybridized carbons (Fsp3) is 0.286. The van der Waals surface area contributed by atoms with Crippen LogP contribution < -0.4 is 10.6 Å². The van der Waals surface area contributed by atoms with E-state index in [9.17, 15) is 0 Å². The molecule has 1 aromatic carbocycles. The van der Waals surface area contributed by atoms with E-state index in [2.05, 4.69) is 12.3 Å². The number of likely N-dealkylation sites (N-methyl/N-ethyl adjacent to an activating group) is 1. The van der Waals surface area contributed by atoms with Crippen LogP contribution in [0.25, 0.3) is 11.1 Å². The van der Waals surface area contributed by atoms with E-state index >= 15 is 0 Å². The summed E-state index contributed by atoms with van der Waals surface area (Å²) < 4.78 is 2.01. The Morgan fingerprint density at radius 3 is 2.72 bits per heavy atom. The summed E-state index contributed by atoms with van der Waals surface area (Å²) in [4.78, 5) is 2.03. The molecule has 1 heterocycles. The van der Waals surface area contributed by atoms with Gasteiger partial charge in [-0.3, -0.25) is 0 Å². The van der Waals surface area contributed by atoms with Crippen LogP contribution in [-0.2, 0) is 7.05 Å². The lowest BCUT2D eigenvalue weighted by Crippen LogP contribution is -2.21. The fourth-order valence-corrected chi connectivity index (χ4v) is 2.05. The summed E-state index contributed by atoms with van der Waals surface area (Å²) in [5.41, 5.74) is 9.91. The standard InChI is InChI=1S/C14H19N3O/c1-16-6-5-11(10-16)13-9-12(15)3-4-14(13)17(2)7-8-18/h3-6,9-10,18H,7-8,15H2,1-2H3. The van der Waals surface area contributed by atoms with Crippen LogP contribution in [0.15, 0.2) is 36.7 Å². The monoisotopic (exact) mass is 245 g/mol. The molecule has 0 atom stereocenters. The highest BCUT2D eigenvalue weighted by molar-refractivity contribution is 5.81. The second kappa shape index (κ2) is 5.14. The Bertz CT molecular complexity index is 534. The van der Waals surface area contributed by atoms with Crippen LogP contribution in [0, 0.1) is 0 Å². The first-order chi connectivity index (χ1) is 8.61. The molecule has 0 aliphatic carbocycles. The molecule has 0 aliphatic heterocycles. The van der Waals surface area contributed by atoms with E-state index in [0.717, 1.165) is 22.5 Å². The molecule has 3 N–H and O–H groups in total. The number of aliphatic hydroxyl groups excluding tert-OH is 1. The number of rotatable bonds is 4. The lowest BCUT2D eigenvalue weighted by Gasteiger charge is -2.21. The number of aliphatic hydroxyl groups is 1. The molecular weight excluding hydrogens is 226 g/mol. The minimum Gasteiger partial charge on any atom is -0.399 e. The first-order valence-electron chi connectivity index (χ1n) is 5.95. The molecule has 0 saturated carbocycles. The predicted molar refractivity (Wildman–Crippen MR) is 75.6 cm³/mol. The third-order valence-corrected chi connectivity index (χ3v) is 3.01. The molecule has 0 bridgehead atoms.